The molecule has 0 unspecified atom stereocenters. The van der Waals surface area contributed by atoms with Gasteiger partial charge in [-0.15, -0.1) is 22.7 Å². The van der Waals surface area contributed by atoms with Gasteiger partial charge in [-0.3, -0.25) is 0 Å². The summed E-state index contributed by atoms with van der Waals surface area (Å²) in [5.74, 6) is 1.27. The van der Waals surface area contributed by atoms with Crippen molar-refractivity contribution in [3.63, 3.8) is 0 Å². The van der Waals surface area contributed by atoms with Crippen molar-refractivity contribution in [2.24, 2.45) is 0 Å². The molecule has 3 aliphatic heterocycles. The highest BCUT2D eigenvalue weighted by molar-refractivity contribution is 7.88. The summed E-state index contributed by atoms with van der Waals surface area (Å²) in [6, 6.07) is 11.2. The molecular formula is C40H39N2O7S4-. The van der Waals surface area contributed by atoms with Crippen LogP contribution < -0.4 is 24.8 Å². The van der Waals surface area contributed by atoms with Crippen molar-refractivity contribution >= 4 is 54.2 Å². The van der Waals surface area contributed by atoms with Crippen molar-refractivity contribution in [3.05, 3.63) is 97.0 Å². The summed E-state index contributed by atoms with van der Waals surface area (Å²) in [6.07, 6.45) is 0. The summed E-state index contributed by atoms with van der Waals surface area (Å²) in [4.78, 5) is 3.54. The molecular weight excluding hydrogens is 749 g/mol. The van der Waals surface area contributed by atoms with E-state index in [0.717, 1.165) is 98.8 Å². The second-order valence-corrected chi connectivity index (χ2v) is 20.8. The molecule has 0 N–H and O–H groups in total. The lowest BCUT2D eigenvalue weighted by atomic mass is 9.80. The molecule has 0 fully saturated rings. The average molecular weight is 788 g/mol. The third-order valence-corrected chi connectivity index (χ3v) is 17.2. The van der Waals surface area contributed by atoms with Crippen LogP contribution in [-0.2, 0) is 31.3 Å². The van der Waals surface area contributed by atoms with Gasteiger partial charge in [0.2, 0.25) is 5.36 Å². The van der Waals surface area contributed by atoms with Crippen LogP contribution in [0.2, 0.25) is 0 Å². The number of rotatable bonds is 3. The minimum absolute atomic E-state index is 0.221. The van der Waals surface area contributed by atoms with Crippen molar-refractivity contribution in [2.45, 2.75) is 81.8 Å². The maximum Gasteiger partial charge on any atom is 0.212 e. The van der Waals surface area contributed by atoms with E-state index >= 15 is 0 Å². The molecule has 0 saturated carbocycles. The first-order chi connectivity index (χ1) is 24.5. The van der Waals surface area contributed by atoms with Gasteiger partial charge in [-0.25, -0.2) is 21.4 Å². The van der Waals surface area contributed by atoms with Crippen molar-refractivity contribution in [2.75, 3.05) is 19.0 Å². The van der Waals surface area contributed by atoms with Crippen LogP contribution >= 0.6 is 22.7 Å². The molecule has 0 saturated heterocycles. The van der Waals surface area contributed by atoms with Gasteiger partial charge < -0.3 is 18.7 Å². The second kappa shape index (κ2) is 11.1. The number of hydrogen-bond acceptors (Lipinski definition) is 10. The monoisotopic (exact) mass is 787 g/mol. The number of fused-ring (bicyclic) bond motifs is 8. The van der Waals surface area contributed by atoms with Gasteiger partial charge >= 0.3 is 0 Å². The Balaban J connectivity index is 1.55. The van der Waals surface area contributed by atoms with Crippen LogP contribution in [0.4, 0.5) is 5.69 Å². The number of nitrogens with zero attached hydrogens (tertiary/aromatic N) is 2. The Hall–Kier alpha value is -3.85. The van der Waals surface area contributed by atoms with Crippen LogP contribution in [0, 0.1) is 34.6 Å². The maximum absolute atomic E-state index is 12.3. The van der Waals surface area contributed by atoms with E-state index in [1.54, 1.807) is 0 Å². The highest BCUT2D eigenvalue weighted by atomic mass is 32.3. The van der Waals surface area contributed by atoms with Crippen molar-refractivity contribution < 1.29 is 30.7 Å². The van der Waals surface area contributed by atoms with Gasteiger partial charge in [0.05, 0.1) is 22.0 Å². The van der Waals surface area contributed by atoms with E-state index in [0.29, 0.717) is 11.5 Å². The van der Waals surface area contributed by atoms with Crippen molar-refractivity contribution in [3.8, 4) is 32.4 Å². The molecule has 5 heterocycles. The van der Waals surface area contributed by atoms with E-state index in [9.17, 15) is 25.9 Å². The average Bonchev–Trinajstić information content (AvgIpc) is 3.75. The Kier molecular flexibility index (Phi) is 7.58. The highest BCUT2D eigenvalue weighted by Crippen LogP contribution is 2.55. The van der Waals surface area contributed by atoms with Gasteiger partial charge in [0.15, 0.2) is 5.54 Å². The fourth-order valence-electron chi connectivity index (χ4n) is 8.28. The Bertz CT molecular complexity index is 2870. The zero-order chi connectivity index (χ0) is 38.6. The lowest BCUT2D eigenvalue weighted by Crippen LogP contribution is -2.46. The summed E-state index contributed by atoms with van der Waals surface area (Å²) in [6.45, 7) is 18.7. The summed E-state index contributed by atoms with van der Waals surface area (Å²) in [5, 5.41) is 1.65. The predicted octanol–water partition coefficient (Wildman–Crippen LogP) is 6.90. The molecule has 0 radical (unpaired) electrons. The molecule has 8 rings (SSSR count). The molecule has 0 bridgehead atoms. The quantitative estimate of drug-likeness (QED) is 0.140. The fraction of sp³-hybridized carbons (Fsp3) is 0.325. The number of anilines is 1. The SMILES string of the molecule is Cc1c(C)c(C)c(C2=c3cc4c(cc3Oc3cc5c(cc32)-c2sc(S(=O)(=O)[O-])cc2C(C)(C)N5C)=[N+](C)C(C)(C)c2cc(S(=O)(=O)[O-])sc2-4)c(C)c1C. The van der Waals surface area contributed by atoms with Crippen molar-refractivity contribution in [1.82, 2.24) is 4.58 Å². The predicted molar refractivity (Wildman–Crippen MR) is 208 cm³/mol. The summed E-state index contributed by atoms with van der Waals surface area (Å²) >= 11 is 1.99. The van der Waals surface area contributed by atoms with Crippen LogP contribution in [0.25, 0.3) is 26.5 Å². The smallest absolute Gasteiger partial charge is 0.212 e. The van der Waals surface area contributed by atoms with E-state index in [1.807, 2.05) is 53.9 Å². The first kappa shape index (κ1) is 36.1. The number of hydrogen-bond donors (Lipinski definition) is 0. The van der Waals surface area contributed by atoms with E-state index in [1.165, 1.54) is 28.8 Å². The first-order valence-corrected chi connectivity index (χ1v) is 21.6. The maximum atomic E-state index is 12.3. The van der Waals surface area contributed by atoms with Crippen LogP contribution in [0.5, 0.6) is 11.5 Å². The number of thiophene rings is 2. The van der Waals surface area contributed by atoms with Gasteiger partial charge in [-0.2, -0.15) is 0 Å². The van der Waals surface area contributed by atoms with E-state index < -0.39 is 31.3 Å². The van der Waals surface area contributed by atoms with Gasteiger partial charge in [-0.1, -0.05) is 0 Å². The molecule has 3 aromatic carbocycles. The third-order valence-electron chi connectivity index (χ3n) is 12.3. The lowest BCUT2D eigenvalue weighted by Gasteiger charge is -2.43. The zero-order valence-corrected chi connectivity index (χ0v) is 34.6. The molecule has 0 amide bonds. The van der Waals surface area contributed by atoms with Crippen molar-refractivity contribution in [1.29, 1.82) is 0 Å². The summed E-state index contributed by atoms with van der Waals surface area (Å²) in [7, 11) is -5.47. The molecule has 13 heteroatoms. The Morgan fingerprint density at radius 1 is 0.679 bits per heavy atom. The standard InChI is InChI=1S/C40H40N2O7S4/c1-18-19(2)21(4)35(22(5)20(18)3)36-25-12-23-29(41(10)39(6,7)27-14-33(50-37(23)27)52(43,44)45)16-31(25)49-32-17-30-24(13-26(32)36)38-28(40(8,9)42(30)11)15-34(51-38)53(46,47)48/h12-17H,1-11H3,(H-,43,44,45,46,47,48)/p-1. The molecule has 0 atom stereocenters. The Morgan fingerprint density at radius 3 is 1.77 bits per heavy atom. The molecule has 276 valence electrons. The normalized spacial score (nSPS) is 16.7. The minimum atomic E-state index is -4.70. The van der Waals surface area contributed by atoms with Gasteiger partial charge in [-0.05, 0) is 112 Å². The van der Waals surface area contributed by atoms with Crippen LogP contribution in [0.15, 0.2) is 44.8 Å². The largest absolute Gasteiger partial charge is 0.743 e. The molecule has 2 aromatic heterocycles. The summed E-state index contributed by atoms with van der Waals surface area (Å²) in [5.41, 5.74) is 11.3. The first-order valence-electron chi connectivity index (χ1n) is 17.1. The molecule has 0 spiro atoms. The number of benzene rings is 3. The van der Waals surface area contributed by atoms with Gasteiger partial charge in [0.1, 0.15) is 47.2 Å². The van der Waals surface area contributed by atoms with Crippen LogP contribution in [0.3, 0.4) is 0 Å². The molecule has 5 aromatic rings. The lowest BCUT2D eigenvalue weighted by molar-refractivity contribution is 0.367. The topological polar surface area (TPSA) is 130 Å². The molecule has 9 nitrogen and oxygen atoms in total. The van der Waals surface area contributed by atoms with Crippen LogP contribution in [0.1, 0.15) is 77.8 Å². The summed E-state index contributed by atoms with van der Waals surface area (Å²) < 4.78 is 82.4. The Labute approximate surface area is 318 Å². The zero-order valence-electron chi connectivity index (χ0n) is 31.3. The van der Waals surface area contributed by atoms with E-state index in [4.69, 9.17) is 4.74 Å². The molecule has 53 heavy (non-hydrogen) atoms. The molecule has 3 aliphatic rings. The Morgan fingerprint density at radius 2 is 1.21 bits per heavy atom. The fourth-order valence-corrected chi connectivity index (χ4v) is 12.3. The van der Waals surface area contributed by atoms with E-state index in [2.05, 4.69) is 56.2 Å². The van der Waals surface area contributed by atoms with E-state index in [-0.39, 0.29) is 8.42 Å². The van der Waals surface area contributed by atoms with Crippen LogP contribution in [-0.4, -0.2) is 40.0 Å². The number of ether oxygens (including phenoxy) is 1. The van der Waals surface area contributed by atoms with Gasteiger partial charge in [0.25, 0.3) is 0 Å². The molecule has 0 aliphatic carbocycles. The van der Waals surface area contributed by atoms with Gasteiger partial charge in [0, 0.05) is 65.0 Å². The second-order valence-electron chi connectivity index (χ2n) is 15.5. The highest BCUT2D eigenvalue weighted by Gasteiger charge is 2.42. The minimum Gasteiger partial charge on any atom is -0.743 e. The third kappa shape index (κ3) is 4.94.